The van der Waals surface area contributed by atoms with Crippen LogP contribution in [0.4, 0.5) is 0 Å². The fourth-order valence-corrected chi connectivity index (χ4v) is 1.64. The number of carbonyl (C=O) groups excluding carboxylic acids is 4. The minimum absolute atomic E-state index is 0. The van der Waals surface area contributed by atoms with E-state index in [2.05, 4.69) is 0 Å². The van der Waals surface area contributed by atoms with Gasteiger partial charge < -0.3 is 30.0 Å². The van der Waals surface area contributed by atoms with Gasteiger partial charge >= 0.3 is 26.2 Å². The number of carbonyl (C=O) groups is 4. The average molecular weight is 526 g/mol. The zero-order valence-electron chi connectivity index (χ0n) is 20.1. The maximum atomic E-state index is 10.7. The first-order chi connectivity index (χ1) is 13.8. The molecule has 0 aliphatic carbocycles. The molecule has 0 spiro atoms. The number of aliphatic hydroxyl groups is 2. The maximum Gasteiger partial charge on any atom is 2.00 e. The van der Waals surface area contributed by atoms with Gasteiger partial charge in [0, 0.05) is 49.8 Å². The van der Waals surface area contributed by atoms with Crippen molar-refractivity contribution >= 4 is 23.5 Å². The van der Waals surface area contributed by atoms with E-state index >= 15 is 0 Å². The Morgan fingerprint density at radius 1 is 0.645 bits per heavy atom. The van der Waals surface area contributed by atoms with Gasteiger partial charge in [0.25, 0.3) is 0 Å². The van der Waals surface area contributed by atoms with Crippen LogP contribution in [0.25, 0.3) is 0 Å². The first-order valence-electron chi connectivity index (χ1n) is 10.6. The van der Waals surface area contributed by atoms with Crippen molar-refractivity contribution in [1.82, 2.24) is 0 Å². The third-order valence-electron chi connectivity index (χ3n) is 2.80. The number of hydrogen-bond donors (Lipinski definition) is 2. The van der Waals surface area contributed by atoms with Crippen molar-refractivity contribution in [2.45, 2.75) is 118 Å². The smallest absolute Gasteiger partial charge is 0.550 e. The molecule has 0 unspecified atom stereocenters. The molecule has 8 nitrogen and oxygen atoms in total. The summed E-state index contributed by atoms with van der Waals surface area (Å²) in [7, 11) is 0. The summed E-state index contributed by atoms with van der Waals surface area (Å²) in [5, 5.41) is 35.9. The van der Waals surface area contributed by atoms with E-state index in [0.717, 1.165) is 38.5 Å². The zero-order valence-corrected chi connectivity index (χ0v) is 22.5. The van der Waals surface area contributed by atoms with Crippen LogP contribution in [0, 0.1) is 0 Å². The van der Waals surface area contributed by atoms with E-state index in [0.29, 0.717) is 12.8 Å². The van der Waals surface area contributed by atoms with Crippen molar-refractivity contribution in [2.24, 2.45) is 0 Å². The van der Waals surface area contributed by atoms with Crippen LogP contribution in [-0.2, 0) is 45.4 Å². The molecular weight excluding hydrogens is 483 g/mol. The second-order valence-electron chi connectivity index (χ2n) is 7.28. The molecule has 0 heterocycles. The molecule has 0 aromatic rings. The summed E-state index contributed by atoms with van der Waals surface area (Å²) in [5.41, 5.74) is 0. The Balaban J connectivity index is -0.000000106. The molecule has 0 saturated carbocycles. The quantitative estimate of drug-likeness (QED) is 0.285. The number of rotatable bonds is 12. The van der Waals surface area contributed by atoms with Crippen molar-refractivity contribution in [3.8, 4) is 0 Å². The number of aliphatic carboxylic acids is 2. The number of carboxylic acids is 2. The third kappa shape index (κ3) is 73.1. The molecule has 0 aliphatic heterocycles. The van der Waals surface area contributed by atoms with Crippen LogP contribution in [0.3, 0.4) is 0 Å². The van der Waals surface area contributed by atoms with Crippen LogP contribution in [0.2, 0.25) is 0 Å². The second kappa shape index (κ2) is 31.3. The zero-order chi connectivity index (χ0) is 24.5. The molecule has 0 bridgehead atoms. The van der Waals surface area contributed by atoms with E-state index in [9.17, 15) is 29.4 Å². The molecule has 0 aromatic heterocycles. The van der Waals surface area contributed by atoms with Crippen molar-refractivity contribution in [3.05, 3.63) is 0 Å². The number of hydrogen-bond acceptors (Lipinski definition) is 8. The predicted molar refractivity (Wildman–Crippen MR) is 112 cm³/mol. The molecule has 0 amide bonds. The minimum Gasteiger partial charge on any atom is -0.550 e. The van der Waals surface area contributed by atoms with Gasteiger partial charge in [0.1, 0.15) is 11.6 Å². The van der Waals surface area contributed by atoms with Gasteiger partial charge in [0.2, 0.25) is 0 Å². The SMILES string of the molecule is CC(C)O.CC(C)O.CCCCCC(=O)CC(=O)[O-].CCCCCC(=O)CC(=O)[O-].[Zr+2]. The molecule has 0 radical (unpaired) electrons. The van der Waals surface area contributed by atoms with Crippen LogP contribution in [-0.4, -0.2) is 45.9 Å². The minimum atomic E-state index is -1.27. The number of ketones is 2. The Labute approximate surface area is 206 Å². The molecule has 9 heteroatoms. The van der Waals surface area contributed by atoms with Gasteiger partial charge in [-0.2, -0.15) is 0 Å². The molecule has 2 N–H and O–H groups in total. The summed E-state index contributed by atoms with van der Waals surface area (Å²) < 4.78 is 0. The van der Waals surface area contributed by atoms with E-state index in [1.54, 1.807) is 27.7 Å². The van der Waals surface area contributed by atoms with Gasteiger partial charge in [-0.05, 0) is 40.5 Å². The van der Waals surface area contributed by atoms with E-state index in [1.807, 2.05) is 13.8 Å². The van der Waals surface area contributed by atoms with Gasteiger partial charge in [-0.15, -0.1) is 0 Å². The van der Waals surface area contributed by atoms with Crippen molar-refractivity contribution in [1.29, 1.82) is 0 Å². The van der Waals surface area contributed by atoms with E-state index < -0.39 is 24.8 Å². The number of carboxylic acid groups (broad SMARTS) is 2. The predicted octanol–water partition coefficient (Wildman–Crippen LogP) is 1.32. The van der Waals surface area contributed by atoms with Gasteiger partial charge in [-0.3, -0.25) is 9.59 Å². The molecule has 0 rings (SSSR count). The second-order valence-corrected chi connectivity index (χ2v) is 7.28. The van der Waals surface area contributed by atoms with Gasteiger partial charge in [0.15, 0.2) is 0 Å². The molecule has 31 heavy (non-hydrogen) atoms. The first-order valence-corrected chi connectivity index (χ1v) is 10.6. The molecule has 0 saturated heterocycles. The summed E-state index contributed by atoms with van der Waals surface area (Å²) in [5.74, 6) is -2.99. The standard InChI is InChI=1S/2C8H14O3.2C3H8O.Zr/c2*1-2-3-4-5-7(9)6-8(10)11;2*1-3(2)4;/h2*2-6H2,1H3,(H,10,11);2*3-4H,1-2H3;/q;;;;+2/p-2. The summed E-state index contributed by atoms with van der Waals surface area (Å²) in [6.07, 6.45) is 5.21. The fraction of sp³-hybridized carbons (Fsp3) is 0.818. The molecule has 0 aliphatic rings. The Kier molecular flexibility index (Phi) is 40.8. The Hall–Kier alpha value is -0.917. The van der Waals surface area contributed by atoms with E-state index in [-0.39, 0.29) is 50.0 Å². The van der Waals surface area contributed by atoms with Crippen molar-refractivity contribution < 1.29 is 65.8 Å². The molecular formula is C22H42O8Zr. The average Bonchev–Trinajstić information content (AvgIpc) is 2.53. The van der Waals surface area contributed by atoms with Crippen molar-refractivity contribution in [2.75, 3.05) is 0 Å². The molecule has 0 fully saturated rings. The van der Waals surface area contributed by atoms with Gasteiger partial charge in [0.05, 0.1) is 0 Å². The number of Topliss-reactive ketones (excluding diaryl/α,β-unsaturated/α-hetero) is 2. The van der Waals surface area contributed by atoms with Crippen LogP contribution >= 0.6 is 0 Å². The van der Waals surface area contributed by atoms with E-state index in [4.69, 9.17) is 10.2 Å². The Bertz CT molecular complexity index is 392. The maximum absolute atomic E-state index is 10.7. The summed E-state index contributed by atoms with van der Waals surface area (Å²) >= 11 is 0. The topological polar surface area (TPSA) is 155 Å². The van der Waals surface area contributed by atoms with Gasteiger partial charge in [-0.1, -0.05) is 39.5 Å². The normalized spacial score (nSPS) is 9.10. The first kappa shape index (κ1) is 40.4. The Morgan fingerprint density at radius 3 is 1.03 bits per heavy atom. The Morgan fingerprint density at radius 2 is 0.871 bits per heavy atom. The number of unbranched alkanes of at least 4 members (excludes halogenated alkanes) is 4. The van der Waals surface area contributed by atoms with Crippen LogP contribution in [0.15, 0.2) is 0 Å². The fourth-order valence-electron chi connectivity index (χ4n) is 1.64. The molecule has 0 aromatic carbocycles. The van der Waals surface area contributed by atoms with Crippen LogP contribution in [0.5, 0.6) is 0 Å². The van der Waals surface area contributed by atoms with Crippen molar-refractivity contribution in [3.63, 3.8) is 0 Å². The largest absolute Gasteiger partial charge is 2.00 e. The molecule has 182 valence electrons. The number of aliphatic hydroxyl groups excluding tert-OH is 2. The van der Waals surface area contributed by atoms with Crippen LogP contribution in [0.1, 0.15) is 106 Å². The van der Waals surface area contributed by atoms with Gasteiger partial charge in [-0.25, -0.2) is 0 Å². The van der Waals surface area contributed by atoms with E-state index in [1.165, 1.54) is 0 Å². The summed E-state index contributed by atoms with van der Waals surface area (Å²) in [6.45, 7) is 11.0. The monoisotopic (exact) mass is 524 g/mol. The third-order valence-corrected chi connectivity index (χ3v) is 2.80. The van der Waals surface area contributed by atoms with Crippen LogP contribution < -0.4 is 10.2 Å². The summed E-state index contributed by atoms with van der Waals surface area (Å²) in [4.78, 5) is 41.2. The summed E-state index contributed by atoms with van der Waals surface area (Å²) in [6, 6.07) is 0. The molecule has 0 atom stereocenters.